The van der Waals surface area contributed by atoms with E-state index in [0.717, 1.165) is 19.4 Å². The van der Waals surface area contributed by atoms with Crippen molar-refractivity contribution in [1.29, 1.82) is 0 Å². The second kappa shape index (κ2) is 7.18. The fraction of sp³-hybridized carbons (Fsp3) is 0.368. The van der Waals surface area contributed by atoms with Crippen LogP contribution in [0.15, 0.2) is 35.7 Å². The van der Waals surface area contributed by atoms with Gasteiger partial charge in [-0.3, -0.25) is 9.59 Å². The zero-order valence-electron chi connectivity index (χ0n) is 14.0. The monoisotopic (exact) mass is 343 g/mol. The van der Waals surface area contributed by atoms with Crippen molar-refractivity contribution < 1.29 is 14.3 Å². The largest absolute Gasteiger partial charge is 0.484 e. The summed E-state index contributed by atoms with van der Waals surface area (Å²) in [6.45, 7) is 4.41. The van der Waals surface area contributed by atoms with Gasteiger partial charge in [-0.1, -0.05) is 6.92 Å². The molecule has 3 rings (SSSR count). The van der Waals surface area contributed by atoms with E-state index in [-0.39, 0.29) is 24.3 Å². The molecule has 4 nitrogen and oxygen atoms in total. The van der Waals surface area contributed by atoms with Crippen LogP contribution < -0.4 is 4.74 Å². The third-order valence-corrected chi connectivity index (χ3v) is 5.42. The lowest BCUT2D eigenvalue weighted by Crippen LogP contribution is -2.41. The Labute approximate surface area is 146 Å². The van der Waals surface area contributed by atoms with Gasteiger partial charge in [0.25, 0.3) is 5.91 Å². The number of amides is 1. The van der Waals surface area contributed by atoms with Gasteiger partial charge in [-0.2, -0.15) is 0 Å². The standard InChI is InChI=1S/C19H21NO3S/c1-3-17-16-9-11-24-18(16)8-10-20(17)19(22)12-23-15-6-4-14(5-7-15)13(2)21/h4-7,9,11,17H,3,8,10,12H2,1-2H3. The maximum absolute atomic E-state index is 12.6. The molecule has 1 amide bonds. The number of hydrogen-bond donors (Lipinski definition) is 0. The van der Waals surface area contributed by atoms with Gasteiger partial charge >= 0.3 is 0 Å². The molecule has 5 heteroatoms. The maximum atomic E-state index is 12.6. The summed E-state index contributed by atoms with van der Waals surface area (Å²) < 4.78 is 5.62. The highest BCUT2D eigenvalue weighted by atomic mass is 32.1. The van der Waals surface area contributed by atoms with Gasteiger partial charge in [0.2, 0.25) is 0 Å². The Balaban J connectivity index is 1.63. The van der Waals surface area contributed by atoms with Crippen LogP contribution in [0.5, 0.6) is 5.75 Å². The molecule has 1 aliphatic heterocycles. The Morgan fingerprint density at radius 2 is 2.00 bits per heavy atom. The molecule has 0 aliphatic carbocycles. The molecule has 126 valence electrons. The molecule has 0 saturated heterocycles. The highest BCUT2D eigenvalue weighted by Gasteiger charge is 2.30. The van der Waals surface area contributed by atoms with Gasteiger partial charge in [-0.15, -0.1) is 11.3 Å². The van der Waals surface area contributed by atoms with Gasteiger partial charge in [-0.05, 0) is 61.0 Å². The minimum Gasteiger partial charge on any atom is -0.484 e. The molecule has 1 aliphatic rings. The molecule has 0 saturated carbocycles. The zero-order valence-corrected chi connectivity index (χ0v) is 14.8. The van der Waals surface area contributed by atoms with Crippen LogP contribution in [0.1, 0.15) is 47.1 Å². The number of nitrogens with zero attached hydrogens (tertiary/aromatic N) is 1. The van der Waals surface area contributed by atoms with Crippen molar-refractivity contribution in [3.8, 4) is 5.75 Å². The van der Waals surface area contributed by atoms with Crippen molar-refractivity contribution in [2.24, 2.45) is 0 Å². The van der Waals surface area contributed by atoms with Crippen molar-refractivity contribution in [2.45, 2.75) is 32.7 Å². The first kappa shape index (κ1) is 16.7. The predicted octanol–water partition coefficient (Wildman–Crippen LogP) is 3.87. The Kier molecular flexibility index (Phi) is 5.00. The molecule has 0 bridgehead atoms. The molecule has 2 heterocycles. The zero-order chi connectivity index (χ0) is 17.1. The van der Waals surface area contributed by atoms with Gasteiger partial charge in [-0.25, -0.2) is 0 Å². The molecule has 1 aromatic carbocycles. The lowest BCUT2D eigenvalue weighted by atomic mass is 9.98. The minimum absolute atomic E-state index is 0.00865. The third kappa shape index (κ3) is 3.36. The Morgan fingerprint density at radius 1 is 1.25 bits per heavy atom. The summed E-state index contributed by atoms with van der Waals surface area (Å²) in [6.07, 6.45) is 1.82. The molecule has 1 unspecified atom stereocenters. The van der Waals surface area contributed by atoms with Crippen molar-refractivity contribution in [1.82, 2.24) is 4.90 Å². The summed E-state index contributed by atoms with van der Waals surface area (Å²) in [7, 11) is 0. The number of carbonyl (C=O) groups excluding carboxylic acids is 2. The molecular weight excluding hydrogens is 322 g/mol. The van der Waals surface area contributed by atoms with Crippen LogP contribution in [-0.4, -0.2) is 29.7 Å². The van der Waals surface area contributed by atoms with Gasteiger partial charge in [0.05, 0.1) is 6.04 Å². The number of benzene rings is 1. The summed E-state index contributed by atoms with van der Waals surface area (Å²) in [5.74, 6) is 0.632. The van der Waals surface area contributed by atoms with Crippen LogP contribution >= 0.6 is 11.3 Å². The molecule has 0 spiro atoms. The van der Waals surface area contributed by atoms with Crippen LogP contribution in [0.3, 0.4) is 0 Å². The van der Waals surface area contributed by atoms with E-state index in [0.29, 0.717) is 11.3 Å². The summed E-state index contributed by atoms with van der Waals surface area (Å²) in [5.41, 5.74) is 1.92. The van der Waals surface area contributed by atoms with E-state index in [2.05, 4.69) is 18.4 Å². The minimum atomic E-state index is 0.00865. The summed E-state index contributed by atoms with van der Waals surface area (Å²) >= 11 is 1.78. The lowest BCUT2D eigenvalue weighted by molar-refractivity contribution is -0.136. The van der Waals surface area contributed by atoms with Crippen molar-refractivity contribution in [2.75, 3.05) is 13.2 Å². The van der Waals surface area contributed by atoms with Gasteiger partial charge in [0.1, 0.15) is 5.75 Å². The first-order valence-corrected chi connectivity index (χ1v) is 9.07. The van der Waals surface area contributed by atoms with E-state index in [9.17, 15) is 9.59 Å². The number of ketones is 1. The number of thiophene rings is 1. The third-order valence-electron chi connectivity index (χ3n) is 4.43. The first-order valence-electron chi connectivity index (χ1n) is 8.19. The number of ether oxygens (including phenoxy) is 1. The second-order valence-electron chi connectivity index (χ2n) is 5.93. The fourth-order valence-electron chi connectivity index (χ4n) is 3.15. The molecule has 2 aromatic rings. The average molecular weight is 343 g/mol. The molecule has 0 N–H and O–H groups in total. The molecule has 0 radical (unpaired) electrons. The normalized spacial score (nSPS) is 16.6. The van der Waals surface area contributed by atoms with Crippen LogP contribution in [-0.2, 0) is 11.2 Å². The average Bonchev–Trinajstić information content (AvgIpc) is 3.07. The van der Waals surface area contributed by atoms with Gasteiger partial charge in [0.15, 0.2) is 12.4 Å². The Bertz CT molecular complexity index is 735. The molecule has 0 fully saturated rings. The maximum Gasteiger partial charge on any atom is 0.261 e. The smallest absolute Gasteiger partial charge is 0.261 e. The van der Waals surface area contributed by atoms with Crippen LogP contribution in [0.2, 0.25) is 0 Å². The molecule has 1 atom stereocenters. The number of fused-ring (bicyclic) bond motifs is 1. The summed E-state index contributed by atoms with van der Waals surface area (Å²) in [5, 5.41) is 2.11. The van der Waals surface area contributed by atoms with E-state index < -0.39 is 0 Å². The van der Waals surface area contributed by atoms with E-state index in [1.807, 2.05) is 4.90 Å². The molecular formula is C19H21NO3S. The quantitative estimate of drug-likeness (QED) is 0.774. The van der Waals surface area contributed by atoms with Crippen molar-refractivity contribution >= 4 is 23.0 Å². The second-order valence-corrected chi connectivity index (χ2v) is 6.93. The van der Waals surface area contributed by atoms with Crippen LogP contribution in [0.4, 0.5) is 0 Å². The van der Waals surface area contributed by atoms with Crippen molar-refractivity contribution in [3.05, 3.63) is 51.7 Å². The van der Waals surface area contributed by atoms with Crippen LogP contribution in [0.25, 0.3) is 0 Å². The highest BCUT2D eigenvalue weighted by molar-refractivity contribution is 7.10. The Morgan fingerprint density at radius 3 is 2.67 bits per heavy atom. The Hall–Kier alpha value is -2.14. The predicted molar refractivity (Wildman–Crippen MR) is 94.7 cm³/mol. The number of hydrogen-bond acceptors (Lipinski definition) is 4. The SMILES string of the molecule is CCC1c2ccsc2CCN1C(=O)COc1ccc(C(C)=O)cc1. The van der Waals surface area contributed by atoms with Crippen molar-refractivity contribution in [3.63, 3.8) is 0 Å². The number of carbonyl (C=O) groups is 2. The van der Waals surface area contributed by atoms with E-state index >= 15 is 0 Å². The fourth-order valence-corrected chi connectivity index (χ4v) is 4.08. The lowest BCUT2D eigenvalue weighted by Gasteiger charge is -2.35. The summed E-state index contributed by atoms with van der Waals surface area (Å²) in [4.78, 5) is 27.2. The molecule has 24 heavy (non-hydrogen) atoms. The number of Topliss-reactive ketones (excluding diaryl/α,β-unsaturated/α-hetero) is 1. The first-order chi connectivity index (χ1) is 11.6. The highest BCUT2D eigenvalue weighted by Crippen LogP contribution is 2.35. The number of rotatable bonds is 5. The summed E-state index contributed by atoms with van der Waals surface area (Å²) in [6, 6.07) is 9.18. The van der Waals surface area contributed by atoms with Gasteiger partial charge < -0.3 is 9.64 Å². The van der Waals surface area contributed by atoms with Gasteiger partial charge in [0, 0.05) is 17.0 Å². The topological polar surface area (TPSA) is 46.6 Å². The van der Waals surface area contributed by atoms with E-state index in [1.54, 1.807) is 35.6 Å². The van der Waals surface area contributed by atoms with E-state index in [1.165, 1.54) is 17.4 Å². The van der Waals surface area contributed by atoms with Crippen LogP contribution in [0, 0.1) is 0 Å². The molecule has 1 aromatic heterocycles. The van der Waals surface area contributed by atoms with E-state index in [4.69, 9.17) is 4.74 Å².